The Hall–Kier alpha value is -0.810. The number of amides is 1. The van der Waals surface area contributed by atoms with Crippen molar-refractivity contribution in [1.82, 2.24) is 9.80 Å². The summed E-state index contributed by atoms with van der Waals surface area (Å²) in [6, 6.07) is -0.635. The Morgan fingerprint density at radius 3 is 1.94 bits per heavy atom. The van der Waals surface area contributed by atoms with Gasteiger partial charge in [0.25, 0.3) is 0 Å². The smallest absolute Gasteiger partial charge is 0.320 e. The molecule has 0 aromatic carbocycles. The number of hydrogen-bond donors (Lipinski definition) is 1. The fraction of sp³-hybridized carbons (Fsp3) is 0.833. The van der Waals surface area contributed by atoms with Crippen LogP contribution in [0.4, 0.5) is 0 Å². The van der Waals surface area contributed by atoms with Gasteiger partial charge in [0.2, 0.25) is 5.91 Å². The highest BCUT2D eigenvalue weighted by Gasteiger charge is 2.21. The van der Waals surface area contributed by atoms with Crippen LogP contribution in [0, 0.1) is 0 Å². The van der Waals surface area contributed by atoms with Gasteiger partial charge in [-0.15, -0.1) is 12.4 Å². The third kappa shape index (κ3) is 6.81. The van der Waals surface area contributed by atoms with Crippen LogP contribution in [0.15, 0.2) is 0 Å². The van der Waals surface area contributed by atoms with Gasteiger partial charge in [0.15, 0.2) is 0 Å². The molecule has 0 aromatic heterocycles. The van der Waals surface area contributed by atoms with Crippen LogP contribution in [0.25, 0.3) is 0 Å². The standard InChI is InChI=1S/C12H24N2O3.ClH/c1-5-7-14(8-6-2)11(15)9-13(4)10(3)12(16)17;/h10H,5-9H2,1-4H3,(H,16,17);1H. The minimum Gasteiger partial charge on any atom is -0.480 e. The molecular weight excluding hydrogens is 256 g/mol. The Labute approximate surface area is 116 Å². The normalized spacial score (nSPS) is 11.8. The maximum absolute atomic E-state index is 12.0. The Morgan fingerprint density at radius 1 is 1.17 bits per heavy atom. The summed E-state index contributed by atoms with van der Waals surface area (Å²) in [6.07, 6.45) is 1.84. The van der Waals surface area contributed by atoms with Gasteiger partial charge in [0.05, 0.1) is 6.54 Å². The van der Waals surface area contributed by atoms with E-state index in [2.05, 4.69) is 0 Å². The molecule has 0 saturated carbocycles. The van der Waals surface area contributed by atoms with Gasteiger partial charge in [-0.05, 0) is 26.8 Å². The Bertz CT molecular complexity index is 256. The number of carboxylic acid groups (broad SMARTS) is 1. The van der Waals surface area contributed by atoms with E-state index in [4.69, 9.17) is 5.11 Å². The van der Waals surface area contributed by atoms with E-state index >= 15 is 0 Å². The lowest BCUT2D eigenvalue weighted by molar-refractivity contribution is -0.143. The van der Waals surface area contributed by atoms with E-state index in [0.717, 1.165) is 25.9 Å². The van der Waals surface area contributed by atoms with Gasteiger partial charge in [-0.2, -0.15) is 0 Å². The van der Waals surface area contributed by atoms with Gasteiger partial charge in [0.1, 0.15) is 6.04 Å². The van der Waals surface area contributed by atoms with Crippen LogP contribution in [0.1, 0.15) is 33.6 Å². The summed E-state index contributed by atoms with van der Waals surface area (Å²) in [5, 5.41) is 8.84. The molecule has 5 nitrogen and oxygen atoms in total. The number of nitrogens with zero attached hydrogens (tertiary/aromatic N) is 2. The van der Waals surface area contributed by atoms with Crippen LogP contribution in [0.2, 0.25) is 0 Å². The van der Waals surface area contributed by atoms with Crippen molar-refractivity contribution in [2.45, 2.75) is 39.7 Å². The van der Waals surface area contributed by atoms with Crippen molar-refractivity contribution in [1.29, 1.82) is 0 Å². The number of carbonyl (C=O) groups is 2. The lowest BCUT2D eigenvalue weighted by atomic mass is 10.3. The summed E-state index contributed by atoms with van der Waals surface area (Å²) in [6.45, 7) is 7.27. The Kier molecular flexibility index (Phi) is 11.0. The van der Waals surface area contributed by atoms with Crippen molar-refractivity contribution in [2.24, 2.45) is 0 Å². The highest BCUT2D eigenvalue weighted by molar-refractivity contribution is 5.85. The van der Waals surface area contributed by atoms with E-state index in [0.29, 0.717) is 0 Å². The summed E-state index contributed by atoms with van der Waals surface area (Å²) < 4.78 is 0. The Morgan fingerprint density at radius 2 is 1.61 bits per heavy atom. The third-order valence-corrected chi connectivity index (χ3v) is 2.74. The Balaban J connectivity index is 0. The van der Waals surface area contributed by atoms with Gasteiger partial charge in [-0.3, -0.25) is 14.5 Å². The molecule has 0 radical (unpaired) electrons. The first kappa shape index (κ1) is 19.5. The van der Waals surface area contributed by atoms with Crippen molar-refractivity contribution >= 4 is 24.3 Å². The van der Waals surface area contributed by atoms with Gasteiger partial charge in [-0.1, -0.05) is 13.8 Å². The van der Waals surface area contributed by atoms with E-state index in [1.54, 1.807) is 23.8 Å². The minimum absolute atomic E-state index is 0. The van der Waals surface area contributed by atoms with E-state index < -0.39 is 12.0 Å². The summed E-state index contributed by atoms with van der Waals surface area (Å²) in [4.78, 5) is 26.1. The van der Waals surface area contributed by atoms with Gasteiger partial charge in [0, 0.05) is 13.1 Å². The predicted octanol–water partition coefficient (Wildman–Crippen LogP) is 1.46. The van der Waals surface area contributed by atoms with E-state index in [1.165, 1.54) is 0 Å². The number of rotatable bonds is 8. The molecule has 0 spiro atoms. The van der Waals surface area contributed by atoms with Gasteiger partial charge < -0.3 is 10.0 Å². The van der Waals surface area contributed by atoms with Crippen molar-refractivity contribution in [2.75, 3.05) is 26.7 Å². The fourth-order valence-electron chi connectivity index (χ4n) is 1.54. The van der Waals surface area contributed by atoms with Crippen LogP contribution in [0.3, 0.4) is 0 Å². The van der Waals surface area contributed by atoms with Crippen LogP contribution in [-0.4, -0.2) is 59.5 Å². The number of carboxylic acids is 1. The minimum atomic E-state index is -0.905. The lowest BCUT2D eigenvalue weighted by Gasteiger charge is -2.26. The highest BCUT2D eigenvalue weighted by atomic mass is 35.5. The topological polar surface area (TPSA) is 60.9 Å². The van der Waals surface area contributed by atoms with Gasteiger partial charge in [-0.25, -0.2) is 0 Å². The summed E-state index contributed by atoms with van der Waals surface area (Å²) in [5.41, 5.74) is 0. The largest absolute Gasteiger partial charge is 0.480 e. The number of likely N-dealkylation sites (N-methyl/N-ethyl adjacent to an activating group) is 1. The second-order valence-corrected chi connectivity index (χ2v) is 4.31. The van der Waals surface area contributed by atoms with E-state index in [1.807, 2.05) is 13.8 Å². The average molecular weight is 281 g/mol. The molecule has 0 aliphatic heterocycles. The zero-order valence-electron chi connectivity index (χ0n) is 11.7. The molecule has 0 saturated heterocycles. The van der Waals surface area contributed by atoms with E-state index in [-0.39, 0.29) is 24.9 Å². The molecule has 0 rings (SSSR count). The molecule has 1 atom stereocenters. The van der Waals surface area contributed by atoms with Crippen molar-refractivity contribution in [3.63, 3.8) is 0 Å². The number of halogens is 1. The maximum Gasteiger partial charge on any atom is 0.320 e. The molecule has 1 unspecified atom stereocenters. The summed E-state index contributed by atoms with van der Waals surface area (Å²) in [7, 11) is 1.66. The molecular formula is C12H25ClN2O3. The molecule has 0 aliphatic rings. The number of aliphatic carboxylic acids is 1. The zero-order valence-corrected chi connectivity index (χ0v) is 12.5. The zero-order chi connectivity index (χ0) is 13.4. The first-order valence-corrected chi connectivity index (χ1v) is 6.14. The first-order valence-electron chi connectivity index (χ1n) is 6.14. The molecule has 108 valence electrons. The van der Waals surface area contributed by atoms with E-state index in [9.17, 15) is 9.59 Å². The average Bonchev–Trinajstić information content (AvgIpc) is 2.27. The second-order valence-electron chi connectivity index (χ2n) is 4.31. The number of carbonyl (C=O) groups excluding carboxylic acids is 1. The molecule has 0 fully saturated rings. The molecule has 18 heavy (non-hydrogen) atoms. The summed E-state index contributed by atoms with van der Waals surface area (Å²) >= 11 is 0. The molecule has 1 amide bonds. The monoisotopic (exact) mass is 280 g/mol. The fourth-order valence-corrected chi connectivity index (χ4v) is 1.54. The van der Waals surface area contributed by atoms with Crippen LogP contribution in [-0.2, 0) is 9.59 Å². The molecule has 0 aromatic rings. The van der Waals surface area contributed by atoms with Crippen molar-refractivity contribution in [3.8, 4) is 0 Å². The molecule has 1 N–H and O–H groups in total. The van der Waals surface area contributed by atoms with Crippen molar-refractivity contribution in [3.05, 3.63) is 0 Å². The molecule has 0 aliphatic carbocycles. The molecule has 0 bridgehead atoms. The van der Waals surface area contributed by atoms with Crippen LogP contribution >= 0.6 is 12.4 Å². The van der Waals surface area contributed by atoms with Crippen molar-refractivity contribution < 1.29 is 14.7 Å². The molecule has 0 heterocycles. The lowest BCUT2D eigenvalue weighted by Crippen LogP contribution is -2.44. The molecule has 6 heteroatoms. The number of hydrogen-bond acceptors (Lipinski definition) is 3. The second kappa shape index (κ2) is 10.1. The SMILES string of the molecule is CCCN(CCC)C(=O)CN(C)C(C)C(=O)O.Cl. The summed E-state index contributed by atoms with van der Waals surface area (Å²) in [5.74, 6) is -0.901. The van der Waals surface area contributed by atoms with Crippen LogP contribution in [0.5, 0.6) is 0 Å². The third-order valence-electron chi connectivity index (χ3n) is 2.74. The quantitative estimate of drug-likeness (QED) is 0.731. The van der Waals surface area contributed by atoms with Gasteiger partial charge >= 0.3 is 5.97 Å². The predicted molar refractivity (Wildman–Crippen MR) is 74.1 cm³/mol. The highest BCUT2D eigenvalue weighted by Crippen LogP contribution is 2.00. The van der Waals surface area contributed by atoms with Crippen LogP contribution < -0.4 is 0 Å². The maximum atomic E-state index is 12.0. The first-order chi connectivity index (χ1) is 7.93.